The first-order valence-electron chi connectivity index (χ1n) is 8.08. The Kier molecular flexibility index (Phi) is 4.97. The molecule has 1 N–H and O–H groups in total. The Hall–Kier alpha value is -2.83. The molecule has 0 aromatic heterocycles. The minimum atomic E-state index is -4.52. The lowest BCUT2D eigenvalue weighted by molar-refractivity contribution is -0.156. The molecule has 26 heavy (non-hydrogen) atoms. The third kappa shape index (κ3) is 4.41. The summed E-state index contributed by atoms with van der Waals surface area (Å²) < 4.78 is 43.8. The number of esters is 1. The number of alkyl halides is 3. The summed E-state index contributed by atoms with van der Waals surface area (Å²) in [6.07, 6.45) is -4.30. The fourth-order valence-corrected chi connectivity index (χ4v) is 2.41. The Morgan fingerprint density at radius 3 is 2.35 bits per heavy atom. The van der Waals surface area contributed by atoms with Crippen LogP contribution in [0.25, 0.3) is 0 Å². The highest BCUT2D eigenvalue weighted by molar-refractivity contribution is 5.96. The lowest BCUT2D eigenvalue weighted by Crippen LogP contribution is -2.26. The largest absolute Gasteiger partial charge is 0.447 e. The summed E-state index contributed by atoms with van der Waals surface area (Å²) in [6, 6.07) is 12.7. The van der Waals surface area contributed by atoms with E-state index in [2.05, 4.69) is 5.32 Å². The zero-order chi connectivity index (χ0) is 18.7. The molecule has 3 rings (SSSR count). The van der Waals surface area contributed by atoms with Gasteiger partial charge in [-0.25, -0.2) is 0 Å². The molecule has 2 aromatic rings. The molecule has 7 heteroatoms. The van der Waals surface area contributed by atoms with Crippen LogP contribution in [0.1, 0.15) is 30.1 Å². The maximum Gasteiger partial charge on any atom is 0.416 e. The van der Waals surface area contributed by atoms with Crippen LogP contribution in [0.2, 0.25) is 0 Å². The summed E-state index contributed by atoms with van der Waals surface area (Å²) in [5, 5.41) is 2.40. The lowest BCUT2D eigenvalue weighted by Gasteiger charge is -2.18. The number of amides is 1. The van der Waals surface area contributed by atoms with Crippen molar-refractivity contribution in [2.45, 2.75) is 25.1 Å². The fraction of sp³-hybridized carbons (Fsp3) is 0.263. The normalized spacial score (nSPS) is 15.2. The molecule has 0 radical (unpaired) electrons. The summed E-state index contributed by atoms with van der Waals surface area (Å²) in [4.78, 5) is 24.6. The molecule has 1 atom stereocenters. The van der Waals surface area contributed by atoms with Gasteiger partial charge in [-0.2, -0.15) is 13.2 Å². The van der Waals surface area contributed by atoms with Crippen LogP contribution in [0.3, 0.4) is 0 Å². The van der Waals surface area contributed by atoms with E-state index in [4.69, 9.17) is 4.74 Å². The van der Waals surface area contributed by atoms with Crippen molar-refractivity contribution in [2.24, 2.45) is 5.92 Å². The topological polar surface area (TPSA) is 55.4 Å². The van der Waals surface area contributed by atoms with Crippen LogP contribution in [-0.4, -0.2) is 11.9 Å². The molecule has 0 unspecified atom stereocenters. The first kappa shape index (κ1) is 18.0. The number of halogens is 3. The summed E-state index contributed by atoms with van der Waals surface area (Å²) in [5.41, 5.74) is -0.444. The molecule has 1 aliphatic carbocycles. The molecule has 1 amide bonds. The van der Waals surface area contributed by atoms with Gasteiger partial charge in [0.25, 0.3) is 5.91 Å². The zero-order valence-corrected chi connectivity index (χ0v) is 13.6. The molecule has 136 valence electrons. The van der Waals surface area contributed by atoms with Gasteiger partial charge >= 0.3 is 12.1 Å². The average molecular weight is 363 g/mol. The minimum Gasteiger partial charge on any atom is -0.447 e. The number of nitrogens with one attached hydrogen (secondary N) is 1. The van der Waals surface area contributed by atoms with Crippen molar-refractivity contribution in [3.05, 3.63) is 65.7 Å². The van der Waals surface area contributed by atoms with Crippen molar-refractivity contribution >= 4 is 17.6 Å². The first-order chi connectivity index (χ1) is 12.3. The van der Waals surface area contributed by atoms with Gasteiger partial charge in [0.2, 0.25) is 6.10 Å². The molecule has 1 saturated carbocycles. The van der Waals surface area contributed by atoms with Crippen molar-refractivity contribution in [3.63, 3.8) is 0 Å². The van der Waals surface area contributed by atoms with Crippen molar-refractivity contribution in [1.82, 2.24) is 0 Å². The second-order valence-corrected chi connectivity index (χ2v) is 6.07. The molecule has 2 aromatic carbocycles. The van der Waals surface area contributed by atoms with E-state index in [0.29, 0.717) is 5.56 Å². The van der Waals surface area contributed by atoms with E-state index in [9.17, 15) is 22.8 Å². The monoisotopic (exact) mass is 363 g/mol. The number of anilines is 1. The Balaban J connectivity index is 1.80. The van der Waals surface area contributed by atoms with Gasteiger partial charge in [0.15, 0.2) is 0 Å². The maximum absolute atomic E-state index is 12.8. The summed E-state index contributed by atoms with van der Waals surface area (Å²) in [6.45, 7) is 0. The minimum absolute atomic E-state index is 0.0202. The highest BCUT2D eigenvalue weighted by atomic mass is 19.4. The molecule has 1 aliphatic rings. The van der Waals surface area contributed by atoms with Crippen LogP contribution < -0.4 is 5.32 Å². The maximum atomic E-state index is 12.8. The van der Waals surface area contributed by atoms with E-state index in [1.54, 1.807) is 30.3 Å². The van der Waals surface area contributed by atoms with Gasteiger partial charge in [-0.15, -0.1) is 0 Å². The molecule has 0 aliphatic heterocycles. The second kappa shape index (κ2) is 7.19. The van der Waals surface area contributed by atoms with E-state index < -0.39 is 29.7 Å². The lowest BCUT2D eigenvalue weighted by atomic mass is 10.1. The molecular formula is C19H16F3NO3. The second-order valence-electron chi connectivity index (χ2n) is 6.07. The van der Waals surface area contributed by atoms with E-state index in [0.717, 1.165) is 25.0 Å². The van der Waals surface area contributed by atoms with Crippen LogP contribution in [0.15, 0.2) is 54.6 Å². The van der Waals surface area contributed by atoms with Crippen LogP contribution in [0.5, 0.6) is 0 Å². The van der Waals surface area contributed by atoms with Crippen LogP contribution >= 0.6 is 0 Å². The van der Waals surface area contributed by atoms with E-state index in [1.165, 1.54) is 12.1 Å². The highest BCUT2D eigenvalue weighted by Crippen LogP contribution is 2.33. The number of carbonyl (C=O) groups excluding carboxylic acids is 2. The standard InChI is InChI=1S/C19H16F3NO3/c20-19(21,22)14-7-4-8-15(11-14)23-17(24)16(12-5-2-1-3-6-12)26-18(25)13-9-10-13/h1-8,11,13,16H,9-10H2,(H,23,24)/t16-/m0/s1. The Morgan fingerprint density at radius 1 is 1.04 bits per heavy atom. The Bertz CT molecular complexity index is 801. The van der Waals surface area contributed by atoms with Crippen LogP contribution in [0.4, 0.5) is 18.9 Å². The molecule has 0 heterocycles. The van der Waals surface area contributed by atoms with Crippen LogP contribution in [0, 0.1) is 5.92 Å². The van der Waals surface area contributed by atoms with Crippen molar-refractivity contribution in [3.8, 4) is 0 Å². The summed E-state index contributed by atoms with van der Waals surface area (Å²) >= 11 is 0. The van der Waals surface area contributed by atoms with Crippen molar-refractivity contribution in [1.29, 1.82) is 0 Å². The number of ether oxygens (including phenoxy) is 1. The molecule has 1 fully saturated rings. The SMILES string of the molecule is O=C(O[C@H](C(=O)Nc1cccc(C(F)(F)F)c1)c1ccccc1)C1CC1. The summed E-state index contributed by atoms with van der Waals surface area (Å²) in [5.74, 6) is -1.38. The van der Waals surface area contributed by atoms with Gasteiger partial charge in [-0.3, -0.25) is 9.59 Å². The van der Waals surface area contributed by atoms with E-state index >= 15 is 0 Å². The summed E-state index contributed by atoms with van der Waals surface area (Å²) in [7, 11) is 0. The Morgan fingerprint density at radius 2 is 1.73 bits per heavy atom. The number of hydrogen-bond acceptors (Lipinski definition) is 3. The molecular weight excluding hydrogens is 347 g/mol. The van der Waals surface area contributed by atoms with Gasteiger partial charge in [0, 0.05) is 11.3 Å². The molecule has 4 nitrogen and oxygen atoms in total. The number of benzene rings is 2. The van der Waals surface area contributed by atoms with Gasteiger partial charge in [-0.05, 0) is 31.0 Å². The van der Waals surface area contributed by atoms with Crippen molar-refractivity contribution in [2.75, 3.05) is 5.32 Å². The Labute approximate surface area is 148 Å². The van der Waals surface area contributed by atoms with Gasteiger partial charge < -0.3 is 10.1 Å². The number of hydrogen-bond donors (Lipinski definition) is 1. The van der Waals surface area contributed by atoms with Crippen LogP contribution in [-0.2, 0) is 20.5 Å². The quantitative estimate of drug-likeness (QED) is 0.804. The zero-order valence-electron chi connectivity index (χ0n) is 13.6. The van der Waals surface area contributed by atoms with Gasteiger partial charge in [0.1, 0.15) is 0 Å². The van der Waals surface area contributed by atoms with Crippen molar-refractivity contribution < 1.29 is 27.5 Å². The third-order valence-corrected chi connectivity index (χ3v) is 3.94. The predicted octanol–water partition coefficient (Wildman–Crippen LogP) is 4.34. The van der Waals surface area contributed by atoms with Gasteiger partial charge in [-0.1, -0.05) is 36.4 Å². The van der Waals surface area contributed by atoms with E-state index in [-0.39, 0.29) is 11.6 Å². The predicted molar refractivity (Wildman–Crippen MR) is 88.1 cm³/mol. The van der Waals surface area contributed by atoms with Gasteiger partial charge in [0.05, 0.1) is 11.5 Å². The average Bonchev–Trinajstić information content (AvgIpc) is 3.45. The molecule has 0 saturated heterocycles. The molecule has 0 bridgehead atoms. The fourth-order valence-electron chi connectivity index (χ4n) is 2.41. The number of carbonyl (C=O) groups is 2. The highest BCUT2D eigenvalue weighted by Gasteiger charge is 2.35. The molecule has 0 spiro atoms. The number of rotatable bonds is 5. The third-order valence-electron chi connectivity index (χ3n) is 3.94. The van der Waals surface area contributed by atoms with E-state index in [1.807, 2.05) is 0 Å². The first-order valence-corrected chi connectivity index (χ1v) is 8.08. The smallest absolute Gasteiger partial charge is 0.416 e.